The first kappa shape index (κ1) is 12.9. The maximum absolute atomic E-state index is 11.2. The second-order valence-electron chi connectivity index (χ2n) is 3.08. The van der Waals surface area contributed by atoms with Crippen molar-refractivity contribution in [3.63, 3.8) is 0 Å². The monoisotopic (exact) mass is 209 g/mol. The molecular weight excluding hydrogens is 190 g/mol. The number of aliphatic hydroxyl groups excluding tert-OH is 1. The van der Waals surface area contributed by atoms with E-state index in [1.54, 1.807) is 0 Å². The molecule has 0 aromatic carbocycles. The van der Waals surface area contributed by atoms with E-state index < -0.39 is 9.84 Å². The second-order valence-corrected chi connectivity index (χ2v) is 5.38. The van der Waals surface area contributed by atoms with Crippen molar-refractivity contribution in [2.45, 2.75) is 25.7 Å². The molecule has 0 aromatic heterocycles. The van der Waals surface area contributed by atoms with E-state index in [4.69, 9.17) is 10.8 Å². The average molecular weight is 209 g/mol. The van der Waals surface area contributed by atoms with E-state index >= 15 is 0 Å². The number of rotatable bonds is 8. The van der Waals surface area contributed by atoms with Crippen molar-refractivity contribution in [3.8, 4) is 0 Å². The van der Waals surface area contributed by atoms with E-state index in [9.17, 15) is 8.42 Å². The van der Waals surface area contributed by atoms with Crippen LogP contribution in [0.15, 0.2) is 0 Å². The Morgan fingerprint density at radius 2 is 1.62 bits per heavy atom. The minimum atomic E-state index is -2.93. The third kappa shape index (κ3) is 8.21. The largest absolute Gasteiger partial charge is 0.396 e. The lowest BCUT2D eigenvalue weighted by Gasteiger charge is -2.02. The van der Waals surface area contributed by atoms with Gasteiger partial charge in [-0.05, 0) is 25.8 Å². The lowest BCUT2D eigenvalue weighted by Crippen LogP contribution is -2.12. The highest BCUT2D eigenvalue weighted by Crippen LogP contribution is 2.01. The minimum absolute atomic E-state index is 0.0535. The zero-order valence-corrected chi connectivity index (χ0v) is 8.72. The fraction of sp³-hybridized carbons (Fsp3) is 1.00. The lowest BCUT2D eigenvalue weighted by atomic mass is 10.2. The molecule has 5 heteroatoms. The molecule has 0 radical (unpaired) electrons. The smallest absolute Gasteiger partial charge is 0.150 e. The van der Waals surface area contributed by atoms with Crippen molar-refractivity contribution in [1.82, 2.24) is 0 Å². The molecule has 0 aliphatic heterocycles. The van der Waals surface area contributed by atoms with Crippen molar-refractivity contribution < 1.29 is 13.5 Å². The van der Waals surface area contributed by atoms with Crippen LogP contribution in [0.1, 0.15) is 25.7 Å². The first-order valence-corrected chi connectivity index (χ1v) is 6.46. The minimum Gasteiger partial charge on any atom is -0.396 e. The van der Waals surface area contributed by atoms with Crippen LogP contribution in [-0.4, -0.2) is 38.2 Å². The molecule has 0 aromatic rings. The van der Waals surface area contributed by atoms with E-state index in [0.29, 0.717) is 19.4 Å². The molecule has 0 saturated heterocycles. The number of sulfone groups is 1. The zero-order valence-electron chi connectivity index (χ0n) is 7.91. The van der Waals surface area contributed by atoms with Crippen molar-refractivity contribution in [2.75, 3.05) is 24.7 Å². The highest BCUT2D eigenvalue weighted by atomic mass is 32.2. The van der Waals surface area contributed by atoms with Crippen LogP contribution in [0.4, 0.5) is 0 Å². The molecule has 0 rings (SSSR count). The fourth-order valence-corrected chi connectivity index (χ4v) is 2.45. The van der Waals surface area contributed by atoms with Gasteiger partial charge in [0.2, 0.25) is 0 Å². The normalized spacial score (nSPS) is 11.8. The Hall–Kier alpha value is -0.130. The standard InChI is InChI=1S/C8H19NO3S/c9-5-2-1-3-7-13(11,12)8-4-6-10/h10H,1-9H2. The van der Waals surface area contributed by atoms with E-state index in [-0.39, 0.29) is 18.1 Å². The topological polar surface area (TPSA) is 80.4 Å². The van der Waals surface area contributed by atoms with Gasteiger partial charge >= 0.3 is 0 Å². The van der Waals surface area contributed by atoms with E-state index in [1.165, 1.54) is 0 Å². The van der Waals surface area contributed by atoms with Gasteiger partial charge in [0.25, 0.3) is 0 Å². The quantitative estimate of drug-likeness (QED) is 0.548. The summed E-state index contributed by atoms with van der Waals surface area (Å²) in [7, 11) is -2.93. The van der Waals surface area contributed by atoms with Gasteiger partial charge in [-0.3, -0.25) is 0 Å². The molecule has 0 atom stereocenters. The van der Waals surface area contributed by atoms with Crippen LogP contribution in [-0.2, 0) is 9.84 Å². The van der Waals surface area contributed by atoms with Crippen LogP contribution in [0, 0.1) is 0 Å². The molecule has 80 valence electrons. The molecule has 0 bridgehead atoms. The van der Waals surface area contributed by atoms with Crippen LogP contribution in [0.5, 0.6) is 0 Å². The lowest BCUT2D eigenvalue weighted by molar-refractivity contribution is 0.295. The first-order valence-electron chi connectivity index (χ1n) is 4.64. The highest BCUT2D eigenvalue weighted by Gasteiger charge is 2.08. The summed E-state index contributed by atoms with van der Waals surface area (Å²) >= 11 is 0. The van der Waals surface area contributed by atoms with Crippen molar-refractivity contribution in [2.24, 2.45) is 5.73 Å². The van der Waals surface area contributed by atoms with E-state index in [1.807, 2.05) is 0 Å². The Labute approximate surface area is 80.1 Å². The molecule has 0 fully saturated rings. The molecule has 0 saturated carbocycles. The summed E-state index contributed by atoms with van der Waals surface area (Å²) in [5.74, 6) is 0.332. The van der Waals surface area contributed by atoms with E-state index in [2.05, 4.69) is 0 Å². The van der Waals surface area contributed by atoms with Crippen molar-refractivity contribution in [1.29, 1.82) is 0 Å². The van der Waals surface area contributed by atoms with Gasteiger partial charge in [0.05, 0.1) is 11.5 Å². The van der Waals surface area contributed by atoms with Crippen molar-refractivity contribution in [3.05, 3.63) is 0 Å². The Morgan fingerprint density at radius 3 is 2.15 bits per heavy atom. The predicted octanol–water partition coefficient (Wildman–Crippen LogP) is -0.0874. The van der Waals surface area contributed by atoms with Gasteiger partial charge in [0.1, 0.15) is 9.84 Å². The van der Waals surface area contributed by atoms with Gasteiger partial charge < -0.3 is 10.8 Å². The van der Waals surface area contributed by atoms with Gasteiger partial charge in [0, 0.05) is 6.61 Å². The molecule has 0 spiro atoms. The Balaban J connectivity index is 3.52. The van der Waals surface area contributed by atoms with Gasteiger partial charge in [-0.1, -0.05) is 6.42 Å². The number of nitrogens with two attached hydrogens (primary N) is 1. The number of aliphatic hydroxyl groups is 1. The summed E-state index contributed by atoms with van der Waals surface area (Å²) in [6.45, 7) is 0.568. The molecule has 4 nitrogen and oxygen atoms in total. The van der Waals surface area contributed by atoms with Crippen LogP contribution < -0.4 is 5.73 Å². The van der Waals surface area contributed by atoms with Crippen molar-refractivity contribution >= 4 is 9.84 Å². The molecule has 0 aliphatic carbocycles. The fourth-order valence-electron chi connectivity index (χ4n) is 1.03. The van der Waals surface area contributed by atoms with Crippen LogP contribution >= 0.6 is 0 Å². The summed E-state index contributed by atoms with van der Waals surface area (Å²) < 4.78 is 22.4. The van der Waals surface area contributed by atoms with Gasteiger partial charge in [-0.15, -0.1) is 0 Å². The summed E-state index contributed by atoms with van der Waals surface area (Å²) in [4.78, 5) is 0. The summed E-state index contributed by atoms with van der Waals surface area (Å²) in [6.07, 6.45) is 2.79. The highest BCUT2D eigenvalue weighted by molar-refractivity contribution is 7.91. The Kier molecular flexibility index (Phi) is 7.22. The van der Waals surface area contributed by atoms with Gasteiger partial charge in [0.15, 0.2) is 0 Å². The summed E-state index contributed by atoms with van der Waals surface area (Å²) in [5, 5.41) is 8.46. The van der Waals surface area contributed by atoms with Gasteiger partial charge in [-0.2, -0.15) is 0 Å². The third-order valence-electron chi connectivity index (χ3n) is 1.77. The Bertz CT molecular complexity index is 201. The summed E-state index contributed by atoms with van der Waals surface area (Å²) in [6, 6.07) is 0. The number of unbranched alkanes of at least 4 members (excludes halogenated alkanes) is 2. The average Bonchev–Trinajstić information content (AvgIpc) is 2.09. The maximum Gasteiger partial charge on any atom is 0.150 e. The zero-order chi connectivity index (χ0) is 10.2. The van der Waals surface area contributed by atoms with Crippen LogP contribution in [0.2, 0.25) is 0 Å². The van der Waals surface area contributed by atoms with Crippen LogP contribution in [0.3, 0.4) is 0 Å². The number of hydrogen-bond acceptors (Lipinski definition) is 4. The summed E-state index contributed by atoms with van der Waals surface area (Å²) in [5.41, 5.74) is 5.28. The SMILES string of the molecule is NCCCCCS(=O)(=O)CCCO. The molecule has 0 heterocycles. The third-order valence-corrected chi connectivity index (χ3v) is 3.59. The maximum atomic E-state index is 11.2. The Morgan fingerprint density at radius 1 is 1.00 bits per heavy atom. The van der Waals surface area contributed by atoms with Gasteiger partial charge in [-0.25, -0.2) is 8.42 Å². The van der Waals surface area contributed by atoms with Crippen LogP contribution in [0.25, 0.3) is 0 Å². The molecule has 0 unspecified atom stereocenters. The first-order chi connectivity index (χ1) is 6.12. The molecular formula is C8H19NO3S. The predicted molar refractivity (Wildman–Crippen MR) is 53.3 cm³/mol. The van der Waals surface area contributed by atoms with E-state index in [0.717, 1.165) is 12.8 Å². The second kappa shape index (κ2) is 7.29. The molecule has 0 aliphatic rings. The molecule has 3 N–H and O–H groups in total. The molecule has 13 heavy (non-hydrogen) atoms. The molecule has 0 amide bonds. The number of hydrogen-bond donors (Lipinski definition) is 2.